The van der Waals surface area contributed by atoms with E-state index in [9.17, 15) is 0 Å². The van der Waals surface area contributed by atoms with Gasteiger partial charge >= 0.3 is 0 Å². The van der Waals surface area contributed by atoms with Gasteiger partial charge in [0.1, 0.15) is 11.3 Å². The van der Waals surface area contributed by atoms with E-state index in [1.807, 2.05) is 24.5 Å². The molecule has 190 valence electrons. The maximum Gasteiger partial charge on any atom is 0.178 e. The smallest absolute Gasteiger partial charge is 0.178 e. The lowest BCUT2D eigenvalue weighted by Gasteiger charge is -2.12. The average Bonchev–Trinajstić information content (AvgIpc) is 3.71. The number of nitrogens with zero attached hydrogens (tertiary/aromatic N) is 5. The summed E-state index contributed by atoms with van der Waals surface area (Å²) in [6.07, 6.45) is 4.53. The number of fused-ring (bicyclic) bond motifs is 16. The summed E-state index contributed by atoms with van der Waals surface area (Å²) >= 11 is 0. The molecular formula is C36H21N5. The molecule has 0 saturated heterocycles. The van der Waals surface area contributed by atoms with Crippen molar-refractivity contribution in [3.05, 3.63) is 127 Å². The number of pyridine rings is 3. The van der Waals surface area contributed by atoms with Crippen LogP contribution in [0.2, 0.25) is 0 Å². The molecule has 0 amide bonds. The van der Waals surface area contributed by atoms with Crippen molar-refractivity contribution in [1.29, 1.82) is 0 Å². The SMILES string of the molecule is c1ccc(-n2c3ccccc3c3c4c(ccc32)Cc2c-4ccc3c4cccnc4n4c5cccnc5nc4c23)cc1. The second-order valence-corrected chi connectivity index (χ2v) is 10.9. The lowest BCUT2D eigenvalue weighted by atomic mass is 9.96. The van der Waals surface area contributed by atoms with Gasteiger partial charge in [-0.05, 0) is 82.6 Å². The Bertz CT molecular complexity index is 2550. The molecule has 5 heteroatoms. The van der Waals surface area contributed by atoms with Crippen LogP contribution in [0.15, 0.2) is 116 Å². The Labute approximate surface area is 234 Å². The number of imidazole rings is 1. The van der Waals surface area contributed by atoms with Gasteiger partial charge in [-0.15, -0.1) is 0 Å². The van der Waals surface area contributed by atoms with Crippen LogP contribution in [0.4, 0.5) is 0 Å². The predicted octanol–water partition coefficient (Wildman–Crippen LogP) is 8.25. The molecule has 5 heterocycles. The van der Waals surface area contributed by atoms with Gasteiger partial charge in [-0.1, -0.05) is 54.6 Å². The predicted molar refractivity (Wildman–Crippen MR) is 166 cm³/mol. The standard InChI is InChI=1S/C36H21N5/c1-2-8-22(9-3-1)40-28-12-5-4-10-26(28)33-29(40)17-14-21-20-27-24(31(21)33)16-15-23-25-11-6-19-38-35(25)41-30-13-7-18-37-34(30)39-36(41)32(23)27/h1-19H,20H2. The summed E-state index contributed by atoms with van der Waals surface area (Å²) in [6.45, 7) is 0. The number of para-hydroxylation sites is 2. The van der Waals surface area contributed by atoms with Gasteiger partial charge in [-0.2, -0.15) is 0 Å². The molecule has 0 bridgehead atoms. The first-order valence-electron chi connectivity index (χ1n) is 13.9. The van der Waals surface area contributed by atoms with Crippen molar-refractivity contribution >= 4 is 60.4 Å². The summed E-state index contributed by atoms with van der Waals surface area (Å²) < 4.78 is 4.59. The first-order chi connectivity index (χ1) is 20.4. The zero-order valence-corrected chi connectivity index (χ0v) is 21.9. The van der Waals surface area contributed by atoms with Crippen molar-refractivity contribution < 1.29 is 0 Å². The Kier molecular flexibility index (Phi) is 3.92. The van der Waals surface area contributed by atoms with Crippen molar-refractivity contribution in [3.63, 3.8) is 0 Å². The molecule has 4 aromatic carbocycles. The summed E-state index contributed by atoms with van der Waals surface area (Å²) in [6, 6.07) is 36.9. The first kappa shape index (κ1) is 21.3. The van der Waals surface area contributed by atoms with Crippen LogP contribution in [0.25, 0.3) is 77.2 Å². The summed E-state index contributed by atoms with van der Waals surface area (Å²) in [5, 5.41) is 6.10. The van der Waals surface area contributed by atoms with E-state index in [1.54, 1.807) is 0 Å². The summed E-state index contributed by atoms with van der Waals surface area (Å²) in [7, 11) is 0. The Hall–Kier alpha value is -5.55. The summed E-state index contributed by atoms with van der Waals surface area (Å²) in [5.41, 5.74) is 12.5. The lowest BCUT2D eigenvalue weighted by molar-refractivity contribution is 1.18. The number of hydrogen-bond donors (Lipinski definition) is 0. The fraction of sp³-hybridized carbons (Fsp3) is 0.0278. The minimum atomic E-state index is 0.744. The normalized spacial score (nSPS) is 12.8. The van der Waals surface area contributed by atoms with Crippen molar-refractivity contribution in [2.45, 2.75) is 6.42 Å². The van der Waals surface area contributed by atoms with Crippen molar-refractivity contribution in [3.8, 4) is 16.8 Å². The molecule has 0 N–H and O–H groups in total. The fourth-order valence-corrected chi connectivity index (χ4v) is 7.23. The number of aromatic nitrogens is 5. The van der Waals surface area contributed by atoms with Gasteiger partial charge in [0.25, 0.3) is 0 Å². The van der Waals surface area contributed by atoms with Crippen LogP contribution in [0, 0.1) is 0 Å². The molecule has 0 atom stereocenters. The third kappa shape index (κ3) is 2.63. The van der Waals surface area contributed by atoms with Crippen molar-refractivity contribution in [2.75, 3.05) is 0 Å². The Morgan fingerprint density at radius 1 is 0.561 bits per heavy atom. The van der Waals surface area contributed by atoms with Crippen molar-refractivity contribution in [1.82, 2.24) is 23.9 Å². The van der Waals surface area contributed by atoms with Crippen LogP contribution in [-0.4, -0.2) is 23.9 Å². The van der Waals surface area contributed by atoms with Gasteiger partial charge in [0.2, 0.25) is 0 Å². The summed E-state index contributed by atoms with van der Waals surface area (Å²) in [5.74, 6) is 0. The van der Waals surface area contributed by atoms with E-state index in [-0.39, 0.29) is 0 Å². The van der Waals surface area contributed by atoms with Crippen molar-refractivity contribution in [2.24, 2.45) is 0 Å². The van der Waals surface area contributed by atoms with E-state index in [1.165, 1.54) is 60.5 Å². The Balaban J connectivity index is 1.38. The minimum Gasteiger partial charge on any atom is -0.309 e. The van der Waals surface area contributed by atoms with E-state index < -0.39 is 0 Å². The zero-order valence-electron chi connectivity index (χ0n) is 21.9. The van der Waals surface area contributed by atoms with E-state index in [0.29, 0.717) is 0 Å². The van der Waals surface area contributed by atoms with Crippen LogP contribution >= 0.6 is 0 Å². The third-order valence-electron chi connectivity index (χ3n) is 8.83. The first-order valence-corrected chi connectivity index (χ1v) is 13.9. The molecule has 0 spiro atoms. The fourth-order valence-electron chi connectivity index (χ4n) is 7.23. The largest absolute Gasteiger partial charge is 0.309 e. The highest BCUT2D eigenvalue weighted by Gasteiger charge is 2.28. The molecule has 5 nitrogen and oxygen atoms in total. The highest BCUT2D eigenvalue weighted by Crippen LogP contribution is 2.49. The van der Waals surface area contributed by atoms with Crippen LogP contribution in [-0.2, 0) is 6.42 Å². The molecule has 9 aromatic rings. The van der Waals surface area contributed by atoms with Crippen LogP contribution < -0.4 is 0 Å². The lowest BCUT2D eigenvalue weighted by Crippen LogP contribution is -1.96. The van der Waals surface area contributed by atoms with Crippen LogP contribution in [0.5, 0.6) is 0 Å². The summed E-state index contributed by atoms with van der Waals surface area (Å²) in [4.78, 5) is 14.5. The second-order valence-electron chi connectivity index (χ2n) is 10.9. The molecule has 0 fully saturated rings. The minimum absolute atomic E-state index is 0.744. The van der Waals surface area contributed by atoms with E-state index in [2.05, 4.69) is 105 Å². The van der Waals surface area contributed by atoms with Gasteiger partial charge in [-0.25, -0.2) is 15.0 Å². The zero-order chi connectivity index (χ0) is 26.7. The van der Waals surface area contributed by atoms with Gasteiger partial charge < -0.3 is 4.57 Å². The number of hydrogen-bond acceptors (Lipinski definition) is 3. The molecule has 5 aromatic heterocycles. The molecule has 10 rings (SSSR count). The highest BCUT2D eigenvalue weighted by molar-refractivity contribution is 6.21. The molecule has 1 aliphatic carbocycles. The monoisotopic (exact) mass is 523 g/mol. The molecular weight excluding hydrogens is 502 g/mol. The molecule has 1 aliphatic rings. The van der Waals surface area contributed by atoms with E-state index >= 15 is 0 Å². The van der Waals surface area contributed by atoms with E-state index in [0.717, 1.165) is 34.3 Å². The Morgan fingerprint density at radius 2 is 1.37 bits per heavy atom. The van der Waals surface area contributed by atoms with Gasteiger partial charge in [0, 0.05) is 39.6 Å². The molecule has 0 saturated carbocycles. The van der Waals surface area contributed by atoms with Crippen LogP contribution in [0.1, 0.15) is 11.1 Å². The highest BCUT2D eigenvalue weighted by atomic mass is 15.1. The molecule has 0 radical (unpaired) electrons. The maximum atomic E-state index is 5.10. The maximum absolute atomic E-state index is 5.10. The van der Waals surface area contributed by atoms with Gasteiger partial charge in [0.15, 0.2) is 5.65 Å². The second kappa shape index (κ2) is 7.55. The number of benzene rings is 4. The van der Waals surface area contributed by atoms with Gasteiger partial charge in [0.05, 0.1) is 16.6 Å². The van der Waals surface area contributed by atoms with E-state index in [4.69, 9.17) is 9.97 Å². The average molecular weight is 524 g/mol. The van der Waals surface area contributed by atoms with Crippen LogP contribution in [0.3, 0.4) is 0 Å². The molecule has 41 heavy (non-hydrogen) atoms. The molecule has 0 aliphatic heterocycles. The topological polar surface area (TPSA) is 48.0 Å². The number of rotatable bonds is 1. The Morgan fingerprint density at radius 3 is 2.32 bits per heavy atom. The quantitative estimate of drug-likeness (QED) is 0.204. The molecule has 0 unspecified atom stereocenters. The third-order valence-corrected chi connectivity index (χ3v) is 8.83. The van der Waals surface area contributed by atoms with Gasteiger partial charge in [-0.3, -0.25) is 4.40 Å².